The monoisotopic (exact) mass is 443 g/mol. The number of rotatable bonds is 5. The summed E-state index contributed by atoms with van der Waals surface area (Å²) in [7, 11) is 0. The number of allylic oxidation sites excluding steroid dienone is 4. The van der Waals surface area contributed by atoms with Crippen molar-refractivity contribution in [3.63, 3.8) is 0 Å². The van der Waals surface area contributed by atoms with Crippen molar-refractivity contribution in [2.45, 2.75) is 65.5 Å². The average Bonchev–Trinajstić information content (AvgIpc) is 3.05. The third-order valence-electron chi connectivity index (χ3n) is 7.47. The third-order valence-corrected chi connectivity index (χ3v) is 7.47. The van der Waals surface area contributed by atoms with Gasteiger partial charge in [-0.25, -0.2) is 0 Å². The van der Waals surface area contributed by atoms with Gasteiger partial charge in [0, 0.05) is 29.6 Å². The number of cyclic esters (lactones) is 1. The zero-order valence-corrected chi connectivity index (χ0v) is 19.6. The molecular formula is C25H33NO6. The first-order valence-electron chi connectivity index (χ1n) is 11.5. The van der Waals surface area contributed by atoms with Crippen LogP contribution in [0.4, 0.5) is 0 Å². The second-order valence-electron chi connectivity index (χ2n) is 9.39. The molecule has 0 spiro atoms. The fourth-order valence-corrected chi connectivity index (χ4v) is 5.31. The van der Waals surface area contributed by atoms with Crippen molar-refractivity contribution >= 4 is 11.8 Å². The van der Waals surface area contributed by atoms with Crippen LogP contribution in [0.2, 0.25) is 0 Å². The highest BCUT2D eigenvalue weighted by Crippen LogP contribution is 2.60. The first-order chi connectivity index (χ1) is 15.1. The Kier molecular flexibility index (Phi) is 5.62. The van der Waals surface area contributed by atoms with Crippen molar-refractivity contribution in [1.82, 2.24) is 0 Å². The van der Waals surface area contributed by atoms with Gasteiger partial charge in [0.25, 0.3) is 0 Å². The van der Waals surface area contributed by atoms with Gasteiger partial charge in [0.2, 0.25) is 5.78 Å². The smallest absolute Gasteiger partial charge is 0.315 e. The van der Waals surface area contributed by atoms with Gasteiger partial charge < -0.3 is 24.7 Å². The molecular weight excluding hydrogens is 410 g/mol. The number of Topliss-reactive ketones (excluding diaryl/α,β-unsaturated/α-hetero) is 1. The molecule has 2 N–H and O–H groups in total. The van der Waals surface area contributed by atoms with E-state index in [1.54, 1.807) is 19.3 Å². The Morgan fingerprint density at radius 3 is 2.62 bits per heavy atom. The maximum Gasteiger partial charge on any atom is 0.315 e. The van der Waals surface area contributed by atoms with Gasteiger partial charge in [0.05, 0.1) is 12.0 Å². The summed E-state index contributed by atoms with van der Waals surface area (Å²) in [5, 5.41) is 0. The number of hydrogen-bond acceptors (Lipinski definition) is 7. The van der Waals surface area contributed by atoms with Crippen molar-refractivity contribution in [3.05, 3.63) is 47.1 Å². The van der Waals surface area contributed by atoms with Crippen molar-refractivity contribution in [1.29, 1.82) is 0 Å². The van der Waals surface area contributed by atoms with E-state index in [0.717, 1.165) is 6.42 Å². The molecule has 7 heteroatoms. The minimum atomic E-state index is -1.36. The molecule has 2 fully saturated rings. The van der Waals surface area contributed by atoms with Gasteiger partial charge in [-0.05, 0) is 38.8 Å². The summed E-state index contributed by atoms with van der Waals surface area (Å²) in [6.07, 6.45) is 7.89. The predicted molar refractivity (Wildman–Crippen MR) is 118 cm³/mol. The fraction of sp³-hybridized carbons (Fsp3) is 0.600. The lowest BCUT2D eigenvalue weighted by molar-refractivity contribution is -0.306. The summed E-state index contributed by atoms with van der Waals surface area (Å²) in [5.74, 6) is -2.81. The summed E-state index contributed by atoms with van der Waals surface area (Å²) in [4.78, 5) is 26.8. The maximum absolute atomic E-state index is 13.6. The number of ether oxygens (including phenoxy) is 4. The molecule has 4 rings (SSSR count). The highest BCUT2D eigenvalue weighted by atomic mass is 16.7. The van der Waals surface area contributed by atoms with Gasteiger partial charge in [-0.1, -0.05) is 33.3 Å². The number of carbonyl (C=O) groups is 2. The second kappa shape index (κ2) is 7.89. The van der Waals surface area contributed by atoms with Crippen molar-refractivity contribution in [2.24, 2.45) is 29.4 Å². The van der Waals surface area contributed by atoms with Gasteiger partial charge in [-0.15, -0.1) is 0 Å². The van der Waals surface area contributed by atoms with Gasteiger partial charge >= 0.3 is 5.97 Å². The largest absolute Gasteiger partial charge is 0.465 e. The molecule has 174 valence electrons. The van der Waals surface area contributed by atoms with Gasteiger partial charge in [0.1, 0.15) is 23.4 Å². The summed E-state index contributed by atoms with van der Waals surface area (Å²) >= 11 is 0. The minimum absolute atomic E-state index is 0.104. The normalized spacial score (nSPS) is 39.6. The van der Waals surface area contributed by atoms with E-state index in [2.05, 4.69) is 19.9 Å². The Hall–Kier alpha value is -2.38. The zero-order valence-electron chi connectivity index (χ0n) is 19.6. The van der Waals surface area contributed by atoms with Crippen LogP contribution in [-0.2, 0) is 28.5 Å². The lowest BCUT2D eigenvalue weighted by Gasteiger charge is -2.45. The van der Waals surface area contributed by atoms with E-state index in [1.807, 2.05) is 26.8 Å². The van der Waals surface area contributed by atoms with Crippen LogP contribution in [0.1, 0.15) is 48.0 Å². The number of carbonyl (C=O) groups excluding carboxylic acids is 2. The number of ketones is 1. The average molecular weight is 444 g/mol. The third kappa shape index (κ3) is 3.09. The Labute approximate surface area is 189 Å². The highest BCUT2D eigenvalue weighted by Gasteiger charge is 2.73. The lowest BCUT2D eigenvalue weighted by atomic mass is 9.64. The number of hydrogen-bond donors (Lipinski definition) is 1. The van der Waals surface area contributed by atoms with Gasteiger partial charge in [-0.3, -0.25) is 9.59 Å². The van der Waals surface area contributed by atoms with Crippen LogP contribution in [0.25, 0.3) is 0 Å². The summed E-state index contributed by atoms with van der Waals surface area (Å²) in [6, 6.07) is 0. The Morgan fingerprint density at radius 2 is 1.97 bits per heavy atom. The number of fused-ring (bicyclic) bond motifs is 5. The van der Waals surface area contributed by atoms with Crippen LogP contribution in [0.3, 0.4) is 0 Å². The molecule has 0 radical (unpaired) electrons. The second-order valence-corrected chi connectivity index (χ2v) is 9.39. The summed E-state index contributed by atoms with van der Waals surface area (Å²) < 4.78 is 24.2. The molecule has 0 aromatic rings. The molecule has 0 saturated carbocycles. The Balaban J connectivity index is 1.82. The number of esters is 1. The molecule has 4 aliphatic rings. The van der Waals surface area contributed by atoms with Crippen LogP contribution in [0.15, 0.2) is 47.1 Å². The van der Waals surface area contributed by atoms with Gasteiger partial charge in [0.15, 0.2) is 5.79 Å². The molecule has 7 nitrogen and oxygen atoms in total. The molecule has 3 heterocycles. The quantitative estimate of drug-likeness (QED) is 0.649. The topological polar surface area (TPSA) is 97.1 Å². The van der Waals surface area contributed by atoms with Crippen LogP contribution in [0.5, 0.6) is 0 Å². The molecule has 7 unspecified atom stereocenters. The van der Waals surface area contributed by atoms with Crippen LogP contribution < -0.4 is 5.73 Å². The molecule has 0 bridgehead atoms. The molecule has 0 aromatic heterocycles. The van der Waals surface area contributed by atoms with E-state index >= 15 is 0 Å². The van der Waals surface area contributed by atoms with E-state index in [4.69, 9.17) is 24.7 Å². The van der Waals surface area contributed by atoms with Crippen molar-refractivity contribution < 1.29 is 28.5 Å². The van der Waals surface area contributed by atoms with Crippen LogP contribution >= 0.6 is 0 Å². The van der Waals surface area contributed by atoms with Crippen molar-refractivity contribution in [2.75, 3.05) is 6.61 Å². The number of nitrogens with two attached hydrogens (primary N) is 1. The summed E-state index contributed by atoms with van der Waals surface area (Å²) in [5.41, 5.74) is 6.32. The van der Waals surface area contributed by atoms with E-state index < -0.39 is 35.3 Å². The summed E-state index contributed by atoms with van der Waals surface area (Å²) in [6.45, 7) is 11.8. The Bertz CT molecular complexity index is 961. The molecule has 0 amide bonds. The molecule has 0 aromatic carbocycles. The fourth-order valence-electron chi connectivity index (χ4n) is 5.31. The van der Waals surface area contributed by atoms with E-state index in [9.17, 15) is 9.59 Å². The molecule has 3 aliphatic heterocycles. The lowest BCUT2D eigenvalue weighted by Crippen LogP contribution is -2.58. The highest BCUT2D eigenvalue weighted by molar-refractivity contribution is 6.06. The first-order valence-corrected chi connectivity index (χ1v) is 11.5. The van der Waals surface area contributed by atoms with E-state index in [0.29, 0.717) is 29.4 Å². The zero-order chi connectivity index (χ0) is 23.4. The SMILES string of the molecule is CCOC12OC3(C)C(=O)C(N)=C4C=C(/C=C/C(C)CC)OC=C4C3C1C(=O)OC(C)C2C. The molecule has 32 heavy (non-hydrogen) atoms. The minimum Gasteiger partial charge on any atom is -0.465 e. The molecule has 7 atom stereocenters. The standard InChI is InChI=1S/C25H33NO6/c1-7-13(3)9-10-16-11-17-18(12-29-16)19-20-23(28)31-15(5)14(4)25(20,30-8-2)32-24(19,6)22(27)21(17)26/h9-15,19-20H,7-8,26H2,1-6H3/b10-9+. The van der Waals surface area contributed by atoms with Gasteiger partial charge in [-0.2, -0.15) is 0 Å². The van der Waals surface area contributed by atoms with E-state index in [-0.39, 0.29) is 17.4 Å². The molecule has 2 saturated heterocycles. The van der Waals surface area contributed by atoms with Crippen LogP contribution in [0, 0.1) is 23.7 Å². The molecule has 1 aliphatic carbocycles. The van der Waals surface area contributed by atoms with Crippen molar-refractivity contribution in [3.8, 4) is 0 Å². The maximum atomic E-state index is 13.6. The first kappa shape index (κ1) is 22.8. The Morgan fingerprint density at radius 1 is 1.25 bits per heavy atom. The van der Waals surface area contributed by atoms with Crippen LogP contribution in [-0.4, -0.2) is 35.9 Å². The van der Waals surface area contributed by atoms with E-state index in [1.165, 1.54) is 0 Å². The predicted octanol–water partition coefficient (Wildman–Crippen LogP) is 3.52.